The Balaban J connectivity index is 2.65. The van der Waals surface area contributed by atoms with Crippen molar-refractivity contribution < 1.29 is 8.78 Å². The maximum Gasteiger partial charge on any atom is 0.255 e. The van der Waals surface area contributed by atoms with Gasteiger partial charge in [0.1, 0.15) is 5.00 Å². The molecule has 13 heavy (non-hydrogen) atoms. The Labute approximate surface area is 82.9 Å². The standard InChI is InChI=1S/C6H9F2N3S2/c1-12-4-5(9)11-13-6(4)10-2-3(7)8/h3,10H,2H2,1H3,(H2,9,11). The van der Waals surface area contributed by atoms with Gasteiger partial charge in [-0.25, -0.2) is 8.78 Å². The van der Waals surface area contributed by atoms with Crippen LogP contribution in [-0.4, -0.2) is 23.6 Å². The lowest BCUT2D eigenvalue weighted by Crippen LogP contribution is -2.09. The third kappa shape index (κ3) is 2.70. The predicted molar refractivity (Wildman–Crippen MR) is 52.8 cm³/mol. The molecule has 0 fully saturated rings. The van der Waals surface area contributed by atoms with Crippen LogP contribution in [0.2, 0.25) is 0 Å². The zero-order valence-corrected chi connectivity index (χ0v) is 8.51. The van der Waals surface area contributed by atoms with Crippen LogP contribution in [0.4, 0.5) is 19.6 Å². The summed E-state index contributed by atoms with van der Waals surface area (Å²) in [6.45, 7) is -0.366. The van der Waals surface area contributed by atoms with Gasteiger partial charge in [0, 0.05) is 0 Å². The van der Waals surface area contributed by atoms with E-state index in [9.17, 15) is 8.78 Å². The summed E-state index contributed by atoms with van der Waals surface area (Å²) < 4.78 is 27.5. The van der Waals surface area contributed by atoms with Gasteiger partial charge in [0.25, 0.3) is 6.43 Å². The Hall–Kier alpha value is -0.560. The van der Waals surface area contributed by atoms with Gasteiger partial charge < -0.3 is 11.1 Å². The highest BCUT2D eigenvalue weighted by atomic mass is 32.2. The summed E-state index contributed by atoms with van der Waals surface area (Å²) >= 11 is 2.50. The number of hydrogen-bond donors (Lipinski definition) is 2. The molecule has 0 aliphatic heterocycles. The van der Waals surface area contributed by atoms with Crippen molar-refractivity contribution in [3.8, 4) is 0 Å². The van der Waals surface area contributed by atoms with Gasteiger partial charge in [-0.15, -0.1) is 11.8 Å². The summed E-state index contributed by atoms with van der Waals surface area (Å²) in [5, 5.41) is 3.21. The zero-order chi connectivity index (χ0) is 9.84. The minimum absolute atomic E-state index is 0.366. The normalized spacial score (nSPS) is 10.8. The fourth-order valence-corrected chi connectivity index (χ4v) is 2.32. The highest BCUT2D eigenvalue weighted by Gasteiger charge is 2.11. The average molecular weight is 225 g/mol. The third-order valence-corrected chi connectivity index (χ3v) is 3.06. The minimum Gasteiger partial charge on any atom is -0.382 e. The summed E-state index contributed by atoms with van der Waals surface area (Å²) in [5.74, 6) is 0.397. The molecule has 0 aliphatic carbocycles. The molecule has 3 N–H and O–H groups in total. The highest BCUT2D eigenvalue weighted by molar-refractivity contribution is 7.99. The number of anilines is 2. The summed E-state index contributed by atoms with van der Waals surface area (Å²) in [6, 6.07) is 0. The molecule has 0 aromatic carbocycles. The number of halogens is 2. The van der Waals surface area contributed by atoms with E-state index in [0.29, 0.717) is 10.8 Å². The van der Waals surface area contributed by atoms with Crippen molar-refractivity contribution in [3.05, 3.63) is 0 Å². The Morgan fingerprint density at radius 3 is 2.92 bits per heavy atom. The van der Waals surface area contributed by atoms with Crippen LogP contribution in [0.1, 0.15) is 0 Å². The molecule has 0 saturated heterocycles. The molecule has 3 nitrogen and oxygen atoms in total. The number of nitrogens with zero attached hydrogens (tertiary/aromatic N) is 1. The maximum absolute atomic E-state index is 11.8. The van der Waals surface area contributed by atoms with Gasteiger partial charge in [0.2, 0.25) is 0 Å². The molecule has 74 valence electrons. The molecule has 1 rings (SSSR count). The number of hydrogen-bond acceptors (Lipinski definition) is 5. The second-order valence-corrected chi connectivity index (χ2v) is 3.79. The third-order valence-electron chi connectivity index (χ3n) is 1.30. The van der Waals surface area contributed by atoms with Crippen LogP contribution in [-0.2, 0) is 0 Å². The van der Waals surface area contributed by atoms with Crippen LogP contribution in [0.25, 0.3) is 0 Å². The molecule has 0 spiro atoms. The van der Waals surface area contributed by atoms with Gasteiger partial charge in [-0.1, -0.05) is 0 Å². The van der Waals surface area contributed by atoms with Crippen LogP contribution in [0.15, 0.2) is 4.90 Å². The number of nitrogens with one attached hydrogen (secondary N) is 1. The molecule has 0 radical (unpaired) electrons. The molecule has 0 atom stereocenters. The van der Waals surface area contributed by atoms with Crippen LogP contribution >= 0.6 is 23.3 Å². The van der Waals surface area contributed by atoms with E-state index in [1.54, 1.807) is 0 Å². The summed E-state index contributed by atoms with van der Waals surface area (Å²) in [6.07, 6.45) is -0.536. The molecule has 0 saturated carbocycles. The van der Waals surface area contributed by atoms with Crippen molar-refractivity contribution in [1.82, 2.24) is 4.37 Å². The molecule has 7 heteroatoms. The lowest BCUT2D eigenvalue weighted by atomic mass is 10.6. The van der Waals surface area contributed by atoms with E-state index in [1.165, 1.54) is 11.8 Å². The zero-order valence-electron chi connectivity index (χ0n) is 6.88. The summed E-state index contributed by atoms with van der Waals surface area (Å²) in [7, 11) is 0. The first-order chi connectivity index (χ1) is 6.15. The van der Waals surface area contributed by atoms with Crippen LogP contribution in [0.5, 0.6) is 0 Å². The quantitative estimate of drug-likeness (QED) is 0.771. The molecule has 0 unspecified atom stereocenters. The number of nitrogen functional groups attached to an aromatic ring is 1. The van der Waals surface area contributed by atoms with Gasteiger partial charge in [0.15, 0.2) is 5.82 Å². The molecule has 0 aliphatic rings. The topological polar surface area (TPSA) is 50.9 Å². The summed E-state index contributed by atoms with van der Waals surface area (Å²) in [4.78, 5) is 0.741. The number of nitrogens with two attached hydrogens (primary N) is 1. The highest BCUT2D eigenvalue weighted by Crippen LogP contribution is 2.34. The van der Waals surface area contributed by atoms with E-state index in [2.05, 4.69) is 9.69 Å². The van der Waals surface area contributed by atoms with Crippen molar-refractivity contribution in [2.24, 2.45) is 0 Å². The number of alkyl halides is 2. The first kappa shape index (κ1) is 10.5. The Morgan fingerprint density at radius 2 is 2.38 bits per heavy atom. The Bertz CT molecular complexity index is 277. The first-order valence-electron chi connectivity index (χ1n) is 3.46. The van der Waals surface area contributed by atoms with E-state index in [1.807, 2.05) is 6.26 Å². The summed E-state index contributed by atoms with van der Waals surface area (Å²) in [5.41, 5.74) is 5.51. The monoisotopic (exact) mass is 225 g/mol. The molecular formula is C6H9F2N3S2. The molecular weight excluding hydrogens is 216 g/mol. The number of aromatic nitrogens is 1. The number of thioether (sulfide) groups is 1. The van der Waals surface area contributed by atoms with Crippen molar-refractivity contribution in [2.75, 3.05) is 23.9 Å². The van der Waals surface area contributed by atoms with Crippen molar-refractivity contribution >= 4 is 34.1 Å². The van der Waals surface area contributed by atoms with Gasteiger partial charge in [-0.2, -0.15) is 4.37 Å². The van der Waals surface area contributed by atoms with E-state index in [0.717, 1.165) is 16.4 Å². The smallest absolute Gasteiger partial charge is 0.255 e. The molecule has 0 amide bonds. The molecule has 1 heterocycles. The second-order valence-electron chi connectivity index (χ2n) is 2.20. The molecule has 1 aromatic heterocycles. The van der Waals surface area contributed by atoms with Crippen molar-refractivity contribution in [2.45, 2.75) is 11.3 Å². The first-order valence-corrected chi connectivity index (χ1v) is 5.46. The van der Waals surface area contributed by atoms with Crippen molar-refractivity contribution in [1.29, 1.82) is 0 Å². The van der Waals surface area contributed by atoms with Crippen molar-refractivity contribution in [3.63, 3.8) is 0 Å². The number of rotatable bonds is 4. The SMILES string of the molecule is CSc1c(N)nsc1NCC(F)F. The van der Waals surface area contributed by atoms with E-state index < -0.39 is 6.43 Å². The van der Waals surface area contributed by atoms with Crippen LogP contribution in [0.3, 0.4) is 0 Å². The Morgan fingerprint density at radius 1 is 1.69 bits per heavy atom. The van der Waals surface area contributed by atoms with Crippen LogP contribution < -0.4 is 11.1 Å². The molecule has 1 aromatic rings. The minimum atomic E-state index is -2.36. The average Bonchev–Trinajstić information content (AvgIpc) is 2.42. The van der Waals surface area contributed by atoms with Crippen LogP contribution in [0, 0.1) is 0 Å². The molecule has 0 bridgehead atoms. The van der Waals surface area contributed by atoms with E-state index >= 15 is 0 Å². The fraction of sp³-hybridized carbons (Fsp3) is 0.500. The van der Waals surface area contributed by atoms with E-state index in [4.69, 9.17) is 5.73 Å². The maximum atomic E-state index is 11.8. The van der Waals surface area contributed by atoms with Gasteiger partial charge >= 0.3 is 0 Å². The predicted octanol–water partition coefficient (Wildman–Crippen LogP) is 2.12. The van der Waals surface area contributed by atoms with E-state index in [-0.39, 0.29) is 6.54 Å². The fourth-order valence-electron chi connectivity index (χ4n) is 0.774. The van der Waals surface area contributed by atoms with Gasteiger partial charge in [-0.3, -0.25) is 0 Å². The largest absolute Gasteiger partial charge is 0.382 e. The van der Waals surface area contributed by atoms with Gasteiger partial charge in [0.05, 0.1) is 11.4 Å². The lowest BCUT2D eigenvalue weighted by molar-refractivity contribution is 0.163. The lowest BCUT2D eigenvalue weighted by Gasteiger charge is -2.03. The second kappa shape index (κ2) is 4.61. The Kier molecular flexibility index (Phi) is 3.73. The van der Waals surface area contributed by atoms with Gasteiger partial charge in [-0.05, 0) is 17.8 Å².